The molecule has 0 bridgehead atoms. The summed E-state index contributed by atoms with van der Waals surface area (Å²) >= 11 is 3.56. The van der Waals surface area contributed by atoms with Crippen LogP contribution in [0.3, 0.4) is 0 Å². The van der Waals surface area contributed by atoms with Gasteiger partial charge >= 0.3 is 0 Å². The predicted molar refractivity (Wildman–Crippen MR) is 70.8 cm³/mol. The third-order valence-electron chi connectivity index (χ3n) is 3.02. The number of likely N-dealkylation sites (N-methyl/N-ethyl adjacent to an activating group) is 1. The van der Waals surface area contributed by atoms with Gasteiger partial charge in [-0.1, -0.05) is 0 Å². The summed E-state index contributed by atoms with van der Waals surface area (Å²) in [4.78, 5) is 6.77. The molecule has 0 saturated carbocycles. The van der Waals surface area contributed by atoms with E-state index in [9.17, 15) is 0 Å². The SMILES string of the molecule is CCN(CC1CCCN1)c1ncccc1Br. The van der Waals surface area contributed by atoms with Crippen molar-refractivity contribution in [3.05, 3.63) is 22.8 Å². The minimum absolute atomic E-state index is 0.619. The molecule has 1 atom stereocenters. The zero-order valence-corrected chi connectivity index (χ0v) is 11.2. The van der Waals surface area contributed by atoms with Crippen LogP contribution >= 0.6 is 15.9 Å². The van der Waals surface area contributed by atoms with E-state index in [2.05, 4.69) is 38.1 Å². The number of rotatable bonds is 4. The van der Waals surface area contributed by atoms with E-state index in [1.807, 2.05) is 18.3 Å². The first kappa shape index (κ1) is 11.9. The number of hydrogen-bond donors (Lipinski definition) is 1. The van der Waals surface area contributed by atoms with Gasteiger partial charge in [-0.2, -0.15) is 0 Å². The van der Waals surface area contributed by atoms with Crippen molar-refractivity contribution in [2.45, 2.75) is 25.8 Å². The molecule has 1 aromatic rings. The molecule has 4 heteroatoms. The second-order valence-electron chi connectivity index (χ2n) is 4.14. The van der Waals surface area contributed by atoms with Crippen LogP contribution in [0.5, 0.6) is 0 Å². The maximum absolute atomic E-state index is 4.44. The second kappa shape index (κ2) is 5.64. The van der Waals surface area contributed by atoms with E-state index in [0.29, 0.717) is 6.04 Å². The fourth-order valence-electron chi connectivity index (χ4n) is 2.15. The maximum Gasteiger partial charge on any atom is 0.142 e. The predicted octanol–water partition coefficient (Wildman–Crippen LogP) is 2.42. The number of nitrogens with zero attached hydrogens (tertiary/aromatic N) is 2. The summed E-state index contributed by atoms with van der Waals surface area (Å²) in [6, 6.07) is 4.62. The van der Waals surface area contributed by atoms with Gasteiger partial charge in [0.1, 0.15) is 5.82 Å². The van der Waals surface area contributed by atoms with Gasteiger partial charge in [-0.15, -0.1) is 0 Å². The monoisotopic (exact) mass is 283 g/mol. The first-order valence-corrected chi connectivity index (χ1v) is 6.69. The Morgan fingerprint density at radius 1 is 1.62 bits per heavy atom. The molecule has 0 aliphatic carbocycles. The molecule has 16 heavy (non-hydrogen) atoms. The molecule has 0 aromatic carbocycles. The van der Waals surface area contributed by atoms with Crippen LogP contribution in [-0.4, -0.2) is 30.7 Å². The fourth-order valence-corrected chi connectivity index (χ4v) is 2.66. The number of nitrogens with one attached hydrogen (secondary N) is 1. The molecule has 0 spiro atoms. The normalized spacial score (nSPS) is 20.0. The Morgan fingerprint density at radius 3 is 3.12 bits per heavy atom. The molecule has 88 valence electrons. The zero-order chi connectivity index (χ0) is 11.4. The van der Waals surface area contributed by atoms with Crippen LogP contribution in [0.2, 0.25) is 0 Å². The molecule has 0 radical (unpaired) electrons. The quantitative estimate of drug-likeness (QED) is 0.920. The number of halogens is 1. The molecule has 3 nitrogen and oxygen atoms in total. The molecule has 1 saturated heterocycles. The lowest BCUT2D eigenvalue weighted by molar-refractivity contribution is 0.583. The molecule has 1 N–H and O–H groups in total. The van der Waals surface area contributed by atoms with Gasteiger partial charge in [0.05, 0.1) is 4.47 Å². The molecule has 1 aliphatic rings. The highest BCUT2D eigenvalue weighted by atomic mass is 79.9. The Labute approximate surface area is 105 Å². The van der Waals surface area contributed by atoms with Crippen LogP contribution in [0.15, 0.2) is 22.8 Å². The summed E-state index contributed by atoms with van der Waals surface area (Å²) in [6.45, 7) is 5.38. The van der Waals surface area contributed by atoms with Crippen LogP contribution in [0.1, 0.15) is 19.8 Å². The Balaban J connectivity index is 2.06. The van der Waals surface area contributed by atoms with Gasteiger partial charge in [0.15, 0.2) is 0 Å². The number of aromatic nitrogens is 1. The van der Waals surface area contributed by atoms with Gasteiger partial charge in [0.25, 0.3) is 0 Å². The van der Waals surface area contributed by atoms with Crippen LogP contribution in [0.25, 0.3) is 0 Å². The first-order chi connectivity index (χ1) is 7.81. The molecular formula is C12H18BrN3. The van der Waals surface area contributed by atoms with Crippen LogP contribution in [-0.2, 0) is 0 Å². The molecule has 1 fully saturated rings. The van der Waals surface area contributed by atoms with E-state index in [1.54, 1.807) is 0 Å². The second-order valence-corrected chi connectivity index (χ2v) is 5.00. The summed E-state index contributed by atoms with van der Waals surface area (Å²) in [7, 11) is 0. The lowest BCUT2D eigenvalue weighted by Gasteiger charge is -2.26. The van der Waals surface area contributed by atoms with Crippen LogP contribution in [0.4, 0.5) is 5.82 Å². The largest absolute Gasteiger partial charge is 0.354 e. The number of pyridine rings is 1. The van der Waals surface area contributed by atoms with Gasteiger partial charge in [0.2, 0.25) is 0 Å². The maximum atomic E-state index is 4.44. The summed E-state index contributed by atoms with van der Waals surface area (Å²) in [5, 5.41) is 3.53. The highest BCUT2D eigenvalue weighted by Crippen LogP contribution is 2.23. The van der Waals surface area contributed by atoms with Gasteiger partial charge in [-0.25, -0.2) is 4.98 Å². The average Bonchev–Trinajstić information content (AvgIpc) is 2.80. The van der Waals surface area contributed by atoms with Crippen molar-refractivity contribution in [3.63, 3.8) is 0 Å². The van der Waals surface area contributed by atoms with E-state index < -0.39 is 0 Å². The molecule has 1 aromatic heterocycles. The molecule has 1 unspecified atom stereocenters. The Kier molecular flexibility index (Phi) is 4.18. The Hall–Kier alpha value is -0.610. The summed E-state index contributed by atoms with van der Waals surface area (Å²) < 4.78 is 1.08. The first-order valence-electron chi connectivity index (χ1n) is 5.90. The highest BCUT2D eigenvalue weighted by Gasteiger charge is 2.18. The van der Waals surface area contributed by atoms with Crippen molar-refractivity contribution in [2.75, 3.05) is 24.5 Å². The van der Waals surface area contributed by atoms with Gasteiger partial charge in [-0.05, 0) is 54.4 Å². The molecule has 1 aliphatic heterocycles. The summed E-state index contributed by atoms with van der Waals surface area (Å²) in [5.74, 6) is 1.05. The Bertz CT molecular complexity index is 337. The van der Waals surface area contributed by atoms with Crippen molar-refractivity contribution in [1.29, 1.82) is 0 Å². The highest BCUT2D eigenvalue weighted by molar-refractivity contribution is 9.10. The minimum atomic E-state index is 0.619. The minimum Gasteiger partial charge on any atom is -0.354 e. The van der Waals surface area contributed by atoms with Crippen molar-refractivity contribution < 1.29 is 0 Å². The zero-order valence-electron chi connectivity index (χ0n) is 9.62. The summed E-state index contributed by atoms with van der Waals surface area (Å²) in [5.41, 5.74) is 0. The lowest BCUT2D eigenvalue weighted by atomic mass is 10.2. The van der Waals surface area contributed by atoms with E-state index in [4.69, 9.17) is 0 Å². The lowest BCUT2D eigenvalue weighted by Crippen LogP contribution is -2.38. The average molecular weight is 284 g/mol. The van der Waals surface area contributed by atoms with Crippen LogP contribution in [0, 0.1) is 0 Å². The summed E-state index contributed by atoms with van der Waals surface area (Å²) in [6.07, 6.45) is 4.43. The van der Waals surface area contributed by atoms with Crippen molar-refractivity contribution in [3.8, 4) is 0 Å². The standard InChI is InChI=1S/C12H18BrN3/c1-2-16(9-10-5-3-7-14-10)12-11(13)6-4-8-15-12/h4,6,8,10,14H,2-3,5,7,9H2,1H3. The smallest absolute Gasteiger partial charge is 0.142 e. The van der Waals surface area contributed by atoms with Crippen LogP contribution < -0.4 is 10.2 Å². The van der Waals surface area contributed by atoms with E-state index in [-0.39, 0.29) is 0 Å². The van der Waals surface area contributed by atoms with Crippen molar-refractivity contribution >= 4 is 21.7 Å². The molecular weight excluding hydrogens is 266 g/mol. The Morgan fingerprint density at radius 2 is 2.50 bits per heavy atom. The number of hydrogen-bond acceptors (Lipinski definition) is 3. The van der Waals surface area contributed by atoms with E-state index in [1.165, 1.54) is 12.8 Å². The topological polar surface area (TPSA) is 28.2 Å². The van der Waals surface area contributed by atoms with E-state index >= 15 is 0 Å². The number of anilines is 1. The van der Waals surface area contributed by atoms with Gasteiger partial charge in [0, 0.05) is 25.3 Å². The molecule has 2 heterocycles. The third kappa shape index (κ3) is 2.74. The third-order valence-corrected chi connectivity index (χ3v) is 3.64. The fraction of sp³-hybridized carbons (Fsp3) is 0.583. The van der Waals surface area contributed by atoms with Gasteiger partial charge < -0.3 is 10.2 Å². The van der Waals surface area contributed by atoms with Crippen molar-refractivity contribution in [2.24, 2.45) is 0 Å². The molecule has 2 rings (SSSR count). The van der Waals surface area contributed by atoms with Gasteiger partial charge in [-0.3, -0.25) is 0 Å². The van der Waals surface area contributed by atoms with Crippen molar-refractivity contribution in [1.82, 2.24) is 10.3 Å². The molecule has 0 amide bonds. The van der Waals surface area contributed by atoms with E-state index in [0.717, 1.165) is 29.9 Å².